The number of nitrogens with one attached hydrogen (secondary N) is 2. The topological polar surface area (TPSA) is 86.6 Å². The summed E-state index contributed by atoms with van der Waals surface area (Å²) in [7, 11) is 4.81. The van der Waals surface area contributed by atoms with Gasteiger partial charge in [0.05, 0.1) is 45.3 Å². The van der Waals surface area contributed by atoms with Crippen LogP contribution in [0, 0.1) is 0 Å². The van der Waals surface area contributed by atoms with Gasteiger partial charge in [-0.15, -0.1) is 0 Å². The van der Waals surface area contributed by atoms with Gasteiger partial charge in [-0.3, -0.25) is 4.68 Å². The van der Waals surface area contributed by atoms with Crippen molar-refractivity contribution >= 4 is 11.7 Å². The van der Waals surface area contributed by atoms with E-state index in [1.165, 1.54) is 0 Å². The quantitative estimate of drug-likeness (QED) is 0.765. The minimum Gasteiger partial charge on any atom is -0.497 e. The molecule has 8 nitrogen and oxygen atoms in total. The number of amides is 2. The molecule has 1 aromatic heterocycles. The Labute approximate surface area is 147 Å². The second kappa shape index (κ2) is 8.93. The molecule has 1 heterocycles. The molecular weight excluding hydrogens is 324 g/mol. The van der Waals surface area contributed by atoms with Crippen molar-refractivity contribution in [2.45, 2.75) is 19.5 Å². The van der Waals surface area contributed by atoms with Crippen LogP contribution < -0.4 is 20.1 Å². The summed E-state index contributed by atoms with van der Waals surface area (Å²) in [6.07, 6.45) is 3.34. The van der Waals surface area contributed by atoms with Crippen LogP contribution in [0.4, 0.5) is 10.5 Å². The lowest BCUT2D eigenvalue weighted by molar-refractivity contribution is 0.183. The highest BCUT2D eigenvalue weighted by atomic mass is 16.5. The average Bonchev–Trinajstić information content (AvgIpc) is 3.06. The van der Waals surface area contributed by atoms with E-state index in [0.717, 1.165) is 5.56 Å². The zero-order chi connectivity index (χ0) is 18.2. The van der Waals surface area contributed by atoms with Crippen LogP contribution in [-0.2, 0) is 11.3 Å². The molecule has 0 saturated heterocycles. The highest BCUT2D eigenvalue weighted by Crippen LogP contribution is 2.29. The average molecular weight is 348 g/mol. The molecule has 0 aliphatic heterocycles. The first kappa shape index (κ1) is 18.6. The molecule has 0 unspecified atom stereocenters. The van der Waals surface area contributed by atoms with E-state index in [0.29, 0.717) is 30.3 Å². The zero-order valence-electron chi connectivity index (χ0n) is 14.9. The SMILES string of the molecule is COCCn1cc(NC(=O)N[C@H](C)c2ccc(OC)cc2OC)cn1. The molecule has 2 rings (SSSR count). The van der Waals surface area contributed by atoms with E-state index in [2.05, 4.69) is 15.7 Å². The van der Waals surface area contributed by atoms with Gasteiger partial charge < -0.3 is 24.8 Å². The van der Waals surface area contributed by atoms with E-state index in [-0.39, 0.29) is 12.1 Å². The number of aromatic nitrogens is 2. The maximum absolute atomic E-state index is 12.2. The van der Waals surface area contributed by atoms with E-state index in [1.807, 2.05) is 19.1 Å². The van der Waals surface area contributed by atoms with Gasteiger partial charge in [-0.25, -0.2) is 4.79 Å². The van der Waals surface area contributed by atoms with Gasteiger partial charge in [0.15, 0.2) is 0 Å². The second-order valence-electron chi connectivity index (χ2n) is 5.41. The third-order valence-electron chi connectivity index (χ3n) is 3.67. The van der Waals surface area contributed by atoms with Crippen LogP contribution in [0.25, 0.3) is 0 Å². The Hall–Kier alpha value is -2.74. The number of methoxy groups -OCH3 is 3. The number of benzene rings is 1. The summed E-state index contributed by atoms with van der Waals surface area (Å²) in [5, 5.41) is 9.79. The van der Waals surface area contributed by atoms with E-state index in [1.54, 1.807) is 44.5 Å². The molecule has 0 spiro atoms. The predicted molar refractivity (Wildman–Crippen MR) is 94.2 cm³/mol. The molecule has 0 aliphatic rings. The first-order chi connectivity index (χ1) is 12.1. The summed E-state index contributed by atoms with van der Waals surface area (Å²) < 4.78 is 17.3. The zero-order valence-corrected chi connectivity index (χ0v) is 14.9. The maximum atomic E-state index is 12.2. The highest BCUT2D eigenvalue weighted by Gasteiger charge is 2.15. The largest absolute Gasteiger partial charge is 0.497 e. The number of anilines is 1. The van der Waals surface area contributed by atoms with Crippen molar-refractivity contribution < 1.29 is 19.0 Å². The molecule has 2 amide bonds. The molecule has 0 radical (unpaired) electrons. The number of carbonyl (C=O) groups is 1. The van der Waals surface area contributed by atoms with Gasteiger partial charge in [0.25, 0.3) is 0 Å². The van der Waals surface area contributed by atoms with E-state index < -0.39 is 0 Å². The summed E-state index contributed by atoms with van der Waals surface area (Å²) in [5.74, 6) is 1.35. The number of carbonyl (C=O) groups excluding carboxylic acids is 1. The van der Waals surface area contributed by atoms with Crippen molar-refractivity contribution in [1.82, 2.24) is 15.1 Å². The van der Waals surface area contributed by atoms with E-state index >= 15 is 0 Å². The van der Waals surface area contributed by atoms with Gasteiger partial charge >= 0.3 is 6.03 Å². The Bertz CT molecular complexity index is 702. The molecule has 2 N–H and O–H groups in total. The van der Waals surface area contributed by atoms with E-state index in [4.69, 9.17) is 14.2 Å². The minimum absolute atomic E-state index is 0.246. The lowest BCUT2D eigenvalue weighted by Gasteiger charge is -2.18. The molecule has 2 aromatic rings. The van der Waals surface area contributed by atoms with Gasteiger partial charge in [-0.2, -0.15) is 5.10 Å². The van der Waals surface area contributed by atoms with Crippen LogP contribution >= 0.6 is 0 Å². The number of rotatable bonds is 8. The molecule has 0 fully saturated rings. The number of hydrogen-bond acceptors (Lipinski definition) is 5. The fourth-order valence-corrected chi connectivity index (χ4v) is 2.35. The summed E-state index contributed by atoms with van der Waals surface area (Å²) >= 11 is 0. The molecule has 25 heavy (non-hydrogen) atoms. The van der Waals surface area contributed by atoms with Gasteiger partial charge in [-0.1, -0.05) is 0 Å². The molecule has 0 bridgehead atoms. The maximum Gasteiger partial charge on any atom is 0.319 e. The van der Waals surface area contributed by atoms with Crippen LogP contribution in [0.2, 0.25) is 0 Å². The number of ether oxygens (including phenoxy) is 3. The van der Waals surface area contributed by atoms with Crippen LogP contribution in [-0.4, -0.2) is 43.7 Å². The molecular formula is C17H24N4O4. The third kappa shape index (κ3) is 5.12. The standard InChI is InChI=1S/C17H24N4O4/c1-12(15-6-5-14(24-3)9-16(15)25-4)19-17(22)20-13-10-18-21(11-13)7-8-23-2/h5-6,9-12H,7-8H2,1-4H3,(H2,19,20,22)/t12-/m1/s1. The summed E-state index contributed by atoms with van der Waals surface area (Å²) in [6.45, 7) is 3.06. The number of urea groups is 1. The Kier molecular flexibility index (Phi) is 6.64. The van der Waals surface area contributed by atoms with Crippen LogP contribution in [0.3, 0.4) is 0 Å². The van der Waals surface area contributed by atoms with Crippen molar-refractivity contribution in [2.75, 3.05) is 33.3 Å². The number of nitrogens with zero attached hydrogens (tertiary/aromatic N) is 2. The Morgan fingerprint density at radius 1 is 1.28 bits per heavy atom. The minimum atomic E-state index is -0.323. The smallest absolute Gasteiger partial charge is 0.319 e. The lowest BCUT2D eigenvalue weighted by atomic mass is 10.1. The second-order valence-corrected chi connectivity index (χ2v) is 5.41. The van der Waals surface area contributed by atoms with Gasteiger partial charge in [-0.05, 0) is 19.1 Å². The van der Waals surface area contributed by atoms with Crippen molar-refractivity contribution in [3.05, 3.63) is 36.2 Å². The van der Waals surface area contributed by atoms with Crippen LogP contribution in [0.15, 0.2) is 30.6 Å². The van der Waals surface area contributed by atoms with Gasteiger partial charge in [0.1, 0.15) is 11.5 Å². The fraction of sp³-hybridized carbons (Fsp3) is 0.412. The summed E-state index contributed by atoms with van der Waals surface area (Å²) in [5.41, 5.74) is 1.47. The van der Waals surface area contributed by atoms with Crippen molar-refractivity contribution in [2.24, 2.45) is 0 Å². The van der Waals surface area contributed by atoms with Gasteiger partial charge in [0, 0.05) is 24.9 Å². The summed E-state index contributed by atoms with van der Waals surface area (Å²) in [6, 6.07) is 4.91. The van der Waals surface area contributed by atoms with Crippen molar-refractivity contribution in [3.8, 4) is 11.5 Å². The molecule has 1 atom stereocenters. The Morgan fingerprint density at radius 3 is 2.76 bits per heavy atom. The van der Waals surface area contributed by atoms with Crippen molar-refractivity contribution in [3.63, 3.8) is 0 Å². The monoisotopic (exact) mass is 348 g/mol. The van der Waals surface area contributed by atoms with Crippen LogP contribution in [0.1, 0.15) is 18.5 Å². The Balaban J connectivity index is 1.97. The Morgan fingerprint density at radius 2 is 2.08 bits per heavy atom. The molecule has 136 valence electrons. The predicted octanol–water partition coefficient (Wildman–Crippen LogP) is 2.43. The summed E-state index contributed by atoms with van der Waals surface area (Å²) in [4.78, 5) is 12.2. The van der Waals surface area contributed by atoms with Crippen molar-refractivity contribution in [1.29, 1.82) is 0 Å². The van der Waals surface area contributed by atoms with Crippen LogP contribution in [0.5, 0.6) is 11.5 Å². The molecule has 0 saturated carbocycles. The van der Waals surface area contributed by atoms with Gasteiger partial charge in [0.2, 0.25) is 0 Å². The lowest BCUT2D eigenvalue weighted by Crippen LogP contribution is -2.31. The third-order valence-corrected chi connectivity index (χ3v) is 3.67. The molecule has 0 aliphatic carbocycles. The normalized spacial score (nSPS) is 11.7. The molecule has 1 aromatic carbocycles. The number of hydrogen-bond donors (Lipinski definition) is 2. The highest BCUT2D eigenvalue weighted by molar-refractivity contribution is 5.89. The first-order valence-electron chi connectivity index (χ1n) is 7.88. The fourth-order valence-electron chi connectivity index (χ4n) is 2.35. The first-order valence-corrected chi connectivity index (χ1v) is 7.88. The molecule has 8 heteroatoms. The van der Waals surface area contributed by atoms with E-state index in [9.17, 15) is 4.79 Å².